The molecule has 1 aliphatic heterocycles. The number of aliphatic imine (C=N–C) groups is 1. The summed E-state index contributed by atoms with van der Waals surface area (Å²) in [5, 5.41) is 11.4. The number of ether oxygens (including phenoxy) is 1. The Balaban J connectivity index is 1.38. The fourth-order valence-electron chi connectivity index (χ4n) is 6.01. The summed E-state index contributed by atoms with van der Waals surface area (Å²) in [5.74, 6) is -0.0786. The highest BCUT2D eigenvalue weighted by molar-refractivity contribution is 6.08. The van der Waals surface area contributed by atoms with Gasteiger partial charge in [0.2, 0.25) is 0 Å². The fraction of sp³-hybridized carbons (Fsp3) is 0.448. The summed E-state index contributed by atoms with van der Waals surface area (Å²) in [5.41, 5.74) is 3.66. The summed E-state index contributed by atoms with van der Waals surface area (Å²) >= 11 is 0. The van der Waals surface area contributed by atoms with Gasteiger partial charge in [-0.3, -0.25) is 9.98 Å². The number of aromatic nitrogens is 1. The standard InChI is InChI=1S/C29H34FN5O2/c1-29-18-20(19-31)26(33-24-9-7-23(30)8-10-24)16-21(29)5-6-22(29)17-27(25-4-2-3-11-32-25)34-28(36)35-12-14-37-15-13-35/h2-4,7-11,16,19-20,22,27,31H,5-6,12-15,17-18H2,1H3,(H,34,36). The lowest BCUT2D eigenvalue weighted by Gasteiger charge is -2.40. The van der Waals surface area contributed by atoms with Crippen molar-refractivity contribution in [2.45, 2.75) is 38.6 Å². The maximum absolute atomic E-state index is 13.4. The summed E-state index contributed by atoms with van der Waals surface area (Å²) in [6.07, 6.45) is 8.94. The predicted octanol–water partition coefficient (Wildman–Crippen LogP) is 5.48. The lowest BCUT2D eigenvalue weighted by atomic mass is 9.65. The number of hydrogen-bond acceptors (Lipinski definition) is 5. The van der Waals surface area contributed by atoms with Gasteiger partial charge in [-0.25, -0.2) is 9.18 Å². The number of pyridine rings is 1. The molecule has 1 aromatic heterocycles. The van der Waals surface area contributed by atoms with E-state index in [0.29, 0.717) is 37.9 Å². The molecule has 2 aliphatic carbocycles. The third-order valence-electron chi connectivity index (χ3n) is 8.19. The normalized spacial score (nSPS) is 27.4. The Bertz CT molecular complexity index is 1180. The van der Waals surface area contributed by atoms with Crippen LogP contribution in [0.4, 0.5) is 14.9 Å². The predicted molar refractivity (Wildman–Crippen MR) is 142 cm³/mol. The molecule has 2 amide bonds. The molecule has 1 saturated carbocycles. The van der Waals surface area contributed by atoms with Gasteiger partial charge in [0.1, 0.15) is 5.82 Å². The number of rotatable bonds is 6. The van der Waals surface area contributed by atoms with E-state index in [9.17, 15) is 9.18 Å². The lowest BCUT2D eigenvalue weighted by Crippen LogP contribution is -2.47. The summed E-state index contributed by atoms with van der Waals surface area (Å²) in [6, 6.07) is 11.7. The van der Waals surface area contributed by atoms with Crippen molar-refractivity contribution in [1.29, 1.82) is 5.41 Å². The number of halogens is 1. The van der Waals surface area contributed by atoms with Crippen LogP contribution in [0, 0.1) is 28.5 Å². The first-order valence-corrected chi connectivity index (χ1v) is 13.1. The molecular weight excluding hydrogens is 469 g/mol. The van der Waals surface area contributed by atoms with Gasteiger partial charge in [0.15, 0.2) is 0 Å². The maximum atomic E-state index is 13.4. The van der Waals surface area contributed by atoms with Gasteiger partial charge in [0, 0.05) is 37.1 Å². The highest BCUT2D eigenvalue weighted by Gasteiger charge is 2.47. The highest BCUT2D eigenvalue weighted by Crippen LogP contribution is 2.56. The molecule has 1 aromatic carbocycles. The Morgan fingerprint density at radius 1 is 1.30 bits per heavy atom. The molecule has 2 N–H and O–H groups in total. The minimum atomic E-state index is -0.288. The van der Waals surface area contributed by atoms with Crippen LogP contribution in [0.2, 0.25) is 0 Å². The van der Waals surface area contributed by atoms with E-state index in [1.165, 1.54) is 23.9 Å². The summed E-state index contributed by atoms with van der Waals surface area (Å²) < 4.78 is 18.8. The van der Waals surface area contributed by atoms with Crippen molar-refractivity contribution in [3.63, 3.8) is 0 Å². The second kappa shape index (κ2) is 10.9. The molecular formula is C29H34FN5O2. The highest BCUT2D eigenvalue weighted by atomic mass is 19.1. The molecule has 0 radical (unpaired) electrons. The van der Waals surface area contributed by atoms with Gasteiger partial charge >= 0.3 is 6.03 Å². The molecule has 194 valence electrons. The Morgan fingerprint density at radius 2 is 2.08 bits per heavy atom. The minimum Gasteiger partial charge on any atom is -0.378 e. The minimum absolute atomic E-state index is 0.0763. The molecule has 0 bridgehead atoms. The monoisotopic (exact) mass is 503 g/mol. The van der Waals surface area contributed by atoms with Crippen LogP contribution in [0.1, 0.15) is 44.3 Å². The van der Waals surface area contributed by atoms with Crippen molar-refractivity contribution in [3.05, 3.63) is 71.8 Å². The second-order valence-electron chi connectivity index (χ2n) is 10.4. The smallest absolute Gasteiger partial charge is 0.318 e. The van der Waals surface area contributed by atoms with Gasteiger partial charge in [0.05, 0.1) is 30.6 Å². The van der Waals surface area contributed by atoms with Crippen LogP contribution >= 0.6 is 0 Å². The van der Waals surface area contributed by atoms with Crippen LogP contribution in [-0.4, -0.2) is 54.1 Å². The molecule has 8 heteroatoms. The van der Waals surface area contributed by atoms with Crippen LogP contribution in [-0.2, 0) is 4.74 Å². The van der Waals surface area contributed by atoms with Crippen LogP contribution < -0.4 is 5.32 Å². The van der Waals surface area contributed by atoms with Gasteiger partial charge in [-0.2, -0.15) is 0 Å². The number of fused-ring (bicyclic) bond motifs is 1. The average molecular weight is 504 g/mol. The molecule has 37 heavy (non-hydrogen) atoms. The quantitative estimate of drug-likeness (QED) is 0.512. The zero-order valence-electron chi connectivity index (χ0n) is 21.2. The van der Waals surface area contributed by atoms with Gasteiger partial charge in [-0.05, 0) is 79.5 Å². The van der Waals surface area contributed by atoms with Gasteiger partial charge in [-0.1, -0.05) is 18.6 Å². The van der Waals surface area contributed by atoms with Gasteiger partial charge in [-0.15, -0.1) is 0 Å². The Morgan fingerprint density at radius 3 is 2.78 bits per heavy atom. The van der Waals surface area contributed by atoms with Crippen LogP contribution in [0.15, 0.2) is 65.3 Å². The number of carbonyl (C=O) groups excluding carboxylic acids is 1. The maximum Gasteiger partial charge on any atom is 0.318 e. The van der Waals surface area contributed by atoms with Crippen molar-refractivity contribution in [3.8, 4) is 0 Å². The molecule has 7 nitrogen and oxygen atoms in total. The van der Waals surface area contributed by atoms with Crippen molar-refractivity contribution >= 4 is 23.6 Å². The largest absolute Gasteiger partial charge is 0.378 e. The number of urea groups is 1. The number of carbonyl (C=O) groups is 1. The molecule has 2 fully saturated rings. The van der Waals surface area contributed by atoms with Crippen LogP contribution in [0.3, 0.4) is 0 Å². The molecule has 1 saturated heterocycles. The molecule has 2 heterocycles. The Labute approximate surface area is 217 Å². The van der Waals surface area contributed by atoms with E-state index in [1.54, 1.807) is 18.3 Å². The third kappa shape index (κ3) is 5.49. The van der Waals surface area contributed by atoms with Gasteiger partial charge in [0.25, 0.3) is 0 Å². The number of nitrogens with zero attached hydrogens (tertiary/aromatic N) is 3. The molecule has 5 rings (SSSR count). The van der Waals surface area contributed by atoms with E-state index in [-0.39, 0.29) is 29.2 Å². The summed E-state index contributed by atoms with van der Waals surface area (Å²) in [7, 11) is 0. The number of allylic oxidation sites excluding steroid dienone is 2. The Hall–Kier alpha value is -3.39. The van der Waals surface area contributed by atoms with Crippen molar-refractivity contribution < 1.29 is 13.9 Å². The van der Waals surface area contributed by atoms with Crippen molar-refractivity contribution in [2.24, 2.45) is 22.2 Å². The lowest BCUT2D eigenvalue weighted by molar-refractivity contribution is 0.0519. The molecule has 3 aliphatic rings. The van der Waals surface area contributed by atoms with Crippen molar-refractivity contribution in [2.75, 3.05) is 26.3 Å². The zero-order valence-corrected chi connectivity index (χ0v) is 21.2. The zero-order chi connectivity index (χ0) is 25.8. The first-order chi connectivity index (χ1) is 18.0. The summed E-state index contributed by atoms with van der Waals surface area (Å²) in [4.78, 5) is 24.3. The van der Waals surface area contributed by atoms with E-state index < -0.39 is 0 Å². The first-order valence-electron chi connectivity index (χ1n) is 13.1. The SMILES string of the molecule is CC12CC(C=N)C(=Nc3ccc(F)cc3)C=C1CCC2CC(NC(=O)N1CCOCC1)c1ccccn1. The number of hydrogen-bond donors (Lipinski definition) is 2. The van der Waals surface area contributed by atoms with E-state index in [0.717, 1.165) is 37.1 Å². The van der Waals surface area contributed by atoms with Crippen LogP contribution in [0.5, 0.6) is 0 Å². The van der Waals surface area contributed by atoms with E-state index >= 15 is 0 Å². The average Bonchev–Trinajstić information content (AvgIpc) is 3.24. The van der Waals surface area contributed by atoms with Gasteiger partial charge < -0.3 is 20.4 Å². The van der Waals surface area contributed by atoms with E-state index in [4.69, 9.17) is 15.1 Å². The molecule has 0 spiro atoms. The number of morpholine rings is 1. The first kappa shape index (κ1) is 25.3. The second-order valence-corrected chi connectivity index (χ2v) is 10.4. The summed E-state index contributed by atoms with van der Waals surface area (Å²) in [6.45, 7) is 4.59. The molecule has 2 aromatic rings. The van der Waals surface area contributed by atoms with E-state index in [2.05, 4.69) is 23.3 Å². The number of benzene rings is 1. The number of nitrogens with one attached hydrogen (secondary N) is 2. The van der Waals surface area contributed by atoms with E-state index in [1.807, 2.05) is 23.1 Å². The van der Waals surface area contributed by atoms with Crippen LogP contribution in [0.25, 0.3) is 0 Å². The number of amides is 2. The molecule has 4 unspecified atom stereocenters. The fourth-order valence-corrected chi connectivity index (χ4v) is 6.01. The Kier molecular flexibility index (Phi) is 7.46. The van der Waals surface area contributed by atoms with Crippen molar-refractivity contribution in [1.82, 2.24) is 15.2 Å². The topological polar surface area (TPSA) is 90.7 Å². The third-order valence-corrected chi connectivity index (χ3v) is 8.19. The molecule has 4 atom stereocenters.